The average molecular weight is 543 g/mol. The molecule has 0 aliphatic carbocycles. The normalized spacial score (nSPS) is 15.7. The summed E-state index contributed by atoms with van der Waals surface area (Å²) in [6.07, 6.45) is 1.53. The van der Waals surface area contributed by atoms with Gasteiger partial charge in [0.25, 0.3) is 0 Å². The number of carbonyl (C=O) groups excluding carboxylic acids is 5. The summed E-state index contributed by atoms with van der Waals surface area (Å²) in [7, 11) is 0. The number of nitrogens with one attached hydrogen (secondary N) is 5. The fraction of sp³-hybridized carbons (Fsp3) is 0.760. The van der Waals surface area contributed by atoms with Crippen LogP contribution in [0, 0.1) is 17.8 Å². The van der Waals surface area contributed by atoms with Crippen molar-refractivity contribution in [3.8, 4) is 0 Å². The van der Waals surface area contributed by atoms with Crippen molar-refractivity contribution in [3.63, 3.8) is 0 Å². The monoisotopic (exact) mass is 542 g/mol. The molecule has 0 unspecified atom stereocenters. The summed E-state index contributed by atoms with van der Waals surface area (Å²) in [5.74, 6) is -4.42. The summed E-state index contributed by atoms with van der Waals surface area (Å²) < 4.78 is 0. The van der Waals surface area contributed by atoms with Crippen molar-refractivity contribution in [1.82, 2.24) is 26.6 Å². The summed E-state index contributed by atoms with van der Waals surface area (Å²) in [6, 6.07) is -3.77. The first-order valence-corrected chi connectivity index (χ1v) is 13.1. The Balaban J connectivity index is 4.75. The zero-order chi connectivity index (χ0) is 29.6. The van der Waals surface area contributed by atoms with E-state index in [1.54, 1.807) is 6.92 Å². The van der Waals surface area contributed by atoms with Crippen molar-refractivity contribution in [2.24, 2.45) is 23.5 Å². The first-order chi connectivity index (χ1) is 17.6. The van der Waals surface area contributed by atoms with E-state index < -0.39 is 72.8 Å². The number of carboxylic acids is 1. The van der Waals surface area contributed by atoms with Gasteiger partial charge in [-0.3, -0.25) is 24.0 Å². The second-order valence-electron chi connectivity index (χ2n) is 10.1. The lowest BCUT2D eigenvalue weighted by molar-refractivity contribution is -0.142. The van der Waals surface area contributed by atoms with Crippen LogP contribution in [0.2, 0.25) is 0 Å². The van der Waals surface area contributed by atoms with E-state index in [1.165, 1.54) is 6.92 Å². The highest BCUT2D eigenvalue weighted by atomic mass is 16.4. The molecule has 0 aliphatic heterocycles. The first kappa shape index (κ1) is 34.8. The van der Waals surface area contributed by atoms with Gasteiger partial charge in [-0.15, -0.1) is 0 Å². The molecular weight excluding hydrogens is 496 g/mol. The van der Waals surface area contributed by atoms with Gasteiger partial charge in [0, 0.05) is 0 Å². The van der Waals surface area contributed by atoms with Crippen LogP contribution in [0.4, 0.5) is 0 Å². The second-order valence-corrected chi connectivity index (χ2v) is 10.1. The van der Waals surface area contributed by atoms with Crippen LogP contribution in [0.25, 0.3) is 0 Å². The number of hydrogen-bond donors (Lipinski definition) is 7. The Kier molecular flexibility index (Phi) is 15.9. The van der Waals surface area contributed by atoms with Gasteiger partial charge in [-0.05, 0) is 31.1 Å². The number of rotatable bonds is 17. The predicted octanol–water partition coefficient (Wildman–Crippen LogP) is -0.757. The topological polar surface area (TPSA) is 209 Å². The number of nitrogens with two attached hydrogens (primary N) is 1. The molecule has 0 aromatic carbocycles. The Morgan fingerprint density at radius 3 is 1.76 bits per heavy atom. The molecule has 0 heterocycles. The third kappa shape index (κ3) is 12.8. The molecule has 8 N–H and O–H groups in total. The van der Waals surface area contributed by atoms with Gasteiger partial charge in [-0.25, -0.2) is 4.79 Å². The van der Waals surface area contributed by atoms with Crippen molar-refractivity contribution in [3.05, 3.63) is 0 Å². The van der Waals surface area contributed by atoms with Crippen LogP contribution in [0.15, 0.2) is 0 Å². The molecule has 0 rings (SSSR count). The Bertz CT molecular complexity index is 835. The molecule has 13 nitrogen and oxygen atoms in total. The third-order valence-corrected chi connectivity index (χ3v) is 6.31. The maximum atomic E-state index is 12.7. The maximum absolute atomic E-state index is 12.7. The van der Waals surface area contributed by atoms with Crippen LogP contribution in [0.5, 0.6) is 0 Å². The van der Waals surface area contributed by atoms with E-state index in [1.807, 2.05) is 34.6 Å². The van der Waals surface area contributed by atoms with Gasteiger partial charge >= 0.3 is 5.97 Å². The lowest BCUT2D eigenvalue weighted by Crippen LogP contribution is -2.56. The zero-order valence-corrected chi connectivity index (χ0v) is 23.6. The molecule has 0 spiro atoms. The molecule has 0 saturated carbocycles. The van der Waals surface area contributed by atoms with Crippen LogP contribution in [0.3, 0.4) is 0 Å². The Morgan fingerprint density at radius 2 is 1.26 bits per heavy atom. The Morgan fingerprint density at radius 1 is 0.711 bits per heavy atom. The molecule has 5 amide bonds. The minimum Gasteiger partial charge on any atom is -0.480 e. The van der Waals surface area contributed by atoms with E-state index in [-0.39, 0.29) is 24.2 Å². The molecule has 6 atom stereocenters. The molecule has 0 aromatic heterocycles. The molecule has 0 radical (unpaired) electrons. The van der Waals surface area contributed by atoms with Crippen molar-refractivity contribution < 1.29 is 33.9 Å². The van der Waals surface area contributed by atoms with Gasteiger partial charge < -0.3 is 37.4 Å². The largest absolute Gasteiger partial charge is 0.480 e. The van der Waals surface area contributed by atoms with E-state index in [0.717, 1.165) is 0 Å². The number of aliphatic carboxylic acids is 1. The molecule has 13 heteroatoms. The number of amides is 5. The van der Waals surface area contributed by atoms with Gasteiger partial charge in [0.05, 0.1) is 19.1 Å². The molecule has 38 heavy (non-hydrogen) atoms. The quantitative estimate of drug-likeness (QED) is 0.124. The zero-order valence-electron chi connectivity index (χ0n) is 23.6. The van der Waals surface area contributed by atoms with Crippen LogP contribution >= 0.6 is 0 Å². The highest BCUT2D eigenvalue weighted by Crippen LogP contribution is 2.11. The first-order valence-electron chi connectivity index (χ1n) is 13.1. The van der Waals surface area contributed by atoms with Crippen molar-refractivity contribution in [2.45, 2.75) is 91.9 Å². The highest BCUT2D eigenvalue weighted by Gasteiger charge is 2.29. The third-order valence-electron chi connectivity index (χ3n) is 6.31. The van der Waals surface area contributed by atoms with Gasteiger partial charge in [-0.1, -0.05) is 54.4 Å². The second kappa shape index (κ2) is 17.3. The Labute approximate surface area is 224 Å². The Hall–Kier alpha value is -3.22. The number of hydrogen-bond acceptors (Lipinski definition) is 7. The van der Waals surface area contributed by atoms with Gasteiger partial charge in [0.2, 0.25) is 29.5 Å². The van der Waals surface area contributed by atoms with Crippen LogP contribution in [-0.4, -0.2) is 77.9 Å². The van der Waals surface area contributed by atoms with Crippen molar-refractivity contribution in [2.75, 3.05) is 13.1 Å². The van der Waals surface area contributed by atoms with Crippen molar-refractivity contribution >= 4 is 35.5 Å². The molecule has 0 aliphatic rings. The van der Waals surface area contributed by atoms with Crippen LogP contribution in [-0.2, 0) is 28.8 Å². The van der Waals surface area contributed by atoms with Gasteiger partial charge in [0.15, 0.2) is 0 Å². The molecule has 218 valence electrons. The van der Waals surface area contributed by atoms with E-state index in [9.17, 15) is 33.9 Å². The fourth-order valence-electron chi connectivity index (χ4n) is 3.33. The lowest BCUT2D eigenvalue weighted by atomic mass is 9.95. The SMILES string of the molecule is CC[C@H](C)[C@H](N)C(=O)N[C@H](C(=O)NCC(=O)NCC(=O)N[C@@H](C)C(=O)N[C@@H](CC(C)C)C(=O)O)[C@@H](C)CC. The predicted molar refractivity (Wildman–Crippen MR) is 141 cm³/mol. The summed E-state index contributed by atoms with van der Waals surface area (Å²) >= 11 is 0. The van der Waals surface area contributed by atoms with Gasteiger partial charge in [0.1, 0.15) is 18.1 Å². The number of carboxylic acid groups (broad SMARTS) is 1. The summed E-state index contributed by atoms with van der Waals surface area (Å²) in [6.45, 7) is 11.6. The minimum atomic E-state index is -1.17. The van der Waals surface area contributed by atoms with E-state index in [0.29, 0.717) is 12.8 Å². The minimum absolute atomic E-state index is 0.0380. The van der Waals surface area contributed by atoms with Crippen LogP contribution < -0.4 is 32.3 Å². The lowest BCUT2D eigenvalue weighted by Gasteiger charge is -2.26. The molecule has 0 fully saturated rings. The molecule has 0 bridgehead atoms. The standard InChI is InChI=1S/C25H46N6O7/c1-8-14(5)20(26)23(35)31-21(15(6)9-2)24(36)28-11-18(32)27-12-19(33)29-16(7)22(34)30-17(25(37)38)10-13(3)4/h13-17,20-21H,8-12,26H2,1-7H3,(H,27,32)(H,28,36)(H,29,33)(H,30,34)(H,31,35)(H,37,38)/t14-,15-,16-,17-,20-,21-/m0/s1. The maximum Gasteiger partial charge on any atom is 0.326 e. The van der Waals surface area contributed by atoms with Gasteiger partial charge in [-0.2, -0.15) is 0 Å². The molecule has 0 aromatic rings. The van der Waals surface area contributed by atoms with Crippen LogP contribution in [0.1, 0.15) is 67.7 Å². The van der Waals surface area contributed by atoms with E-state index in [2.05, 4.69) is 26.6 Å². The molecular formula is C25H46N6O7. The summed E-state index contributed by atoms with van der Waals surface area (Å²) in [5, 5.41) is 21.5. The number of carbonyl (C=O) groups is 6. The smallest absolute Gasteiger partial charge is 0.326 e. The summed E-state index contributed by atoms with van der Waals surface area (Å²) in [4.78, 5) is 73.0. The fourth-order valence-corrected chi connectivity index (χ4v) is 3.33. The average Bonchev–Trinajstić information content (AvgIpc) is 2.86. The van der Waals surface area contributed by atoms with E-state index >= 15 is 0 Å². The molecule has 0 saturated heterocycles. The highest BCUT2D eigenvalue weighted by molar-refractivity contribution is 5.94. The summed E-state index contributed by atoms with van der Waals surface area (Å²) in [5.41, 5.74) is 5.96. The van der Waals surface area contributed by atoms with E-state index in [4.69, 9.17) is 5.73 Å². The van der Waals surface area contributed by atoms with Crippen molar-refractivity contribution in [1.29, 1.82) is 0 Å².